The number of hydrogen-bond acceptors (Lipinski definition) is 4. The van der Waals surface area contributed by atoms with Crippen molar-refractivity contribution in [3.8, 4) is 0 Å². The molecule has 0 heterocycles. The van der Waals surface area contributed by atoms with E-state index >= 15 is 0 Å². The predicted octanol–water partition coefficient (Wildman–Crippen LogP) is 4.34. The number of benzene rings is 2. The zero-order valence-corrected chi connectivity index (χ0v) is 21.9. The van der Waals surface area contributed by atoms with E-state index in [1.807, 2.05) is 32.0 Å². The molecule has 4 atom stereocenters. The van der Waals surface area contributed by atoms with Crippen molar-refractivity contribution in [1.82, 2.24) is 10.2 Å². The SMILES string of the molecule is CCCCC(F)C[C@@H](NC(=O)O)C(=O)N(Cc1cccc(CC)c1)C[C@@H](O)[C@@H](N)Cc1cc(F)cc(F)c1. The Balaban J connectivity index is 2.28. The molecule has 0 spiro atoms. The second-order valence-electron chi connectivity index (χ2n) is 9.58. The number of hydrogen-bond donors (Lipinski definition) is 4. The monoisotopic (exact) mass is 537 g/mol. The van der Waals surface area contributed by atoms with Crippen LogP contribution in [0.5, 0.6) is 0 Å². The number of carbonyl (C=O) groups is 2. The summed E-state index contributed by atoms with van der Waals surface area (Å²) >= 11 is 0. The Morgan fingerprint density at radius 1 is 1.05 bits per heavy atom. The Hall–Kier alpha value is -3.11. The summed E-state index contributed by atoms with van der Waals surface area (Å²) in [6.07, 6.45) is -2.29. The molecular formula is C28H38F3N3O4. The van der Waals surface area contributed by atoms with E-state index in [9.17, 15) is 33.0 Å². The molecule has 0 radical (unpaired) electrons. The standard InChI is InChI=1S/C28H38F3N3O4/c1-3-5-9-21(29)15-25(33-28(37)38)27(36)34(16-19-8-6-7-18(4-2)10-19)17-26(35)24(32)13-20-11-22(30)14-23(31)12-20/h6-8,10-12,14,21,24-26,33,35H,3-5,9,13,15-17,32H2,1-2H3,(H,37,38)/t21?,24-,25+,26+/m0/s1. The summed E-state index contributed by atoms with van der Waals surface area (Å²) in [6, 6.07) is 8.03. The van der Waals surface area contributed by atoms with Crippen LogP contribution in [0, 0.1) is 11.6 Å². The van der Waals surface area contributed by atoms with Gasteiger partial charge in [0.1, 0.15) is 23.8 Å². The zero-order valence-electron chi connectivity index (χ0n) is 21.9. The Bertz CT molecular complexity index is 1040. The maximum Gasteiger partial charge on any atom is 0.405 e. The highest BCUT2D eigenvalue weighted by Gasteiger charge is 2.31. The highest BCUT2D eigenvalue weighted by molar-refractivity contribution is 5.85. The van der Waals surface area contributed by atoms with Crippen LogP contribution in [0.15, 0.2) is 42.5 Å². The van der Waals surface area contributed by atoms with E-state index in [4.69, 9.17) is 5.73 Å². The number of carboxylic acid groups (broad SMARTS) is 1. The Labute approximate surface area is 221 Å². The number of unbranched alkanes of at least 4 members (excludes halogenated alkanes) is 1. The van der Waals surface area contributed by atoms with Gasteiger partial charge in [0.15, 0.2) is 0 Å². The van der Waals surface area contributed by atoms with Crippen molar-refractivity contribution in [1.29, 1.82) is 0 Å². The average Bonchev–Trinajstić information content (AvgIpc) is 2.85. The van der Waals surface area contributed by atoms with Crippen molar-refractivity contribution < 1.29 is 33.0 Å². The van der Waals surface area contributed by atoms with Crippen molar-refractivity contribution in [3.63, 3.8) is 0 Å². The number of aliphatic hydroxyl groups excluding tert-OH is 1. The van der Waals surface area contributed by atoms with Crippen LogP contribution in [-0.2, 0) is 24.2 Å². The number of amides is 2. The van der Waals surface area contributed by atoms with Gasteiger partial charge in [0.25, 0.3) is 0 Å². The van der Waals surface area contributed by atoms with Gasteiger partial charge in [-0.25, -0.2) is 18.0 Å². The normalized spacial score (nSPS) is 14.4. The van der Waals surface area contributed by atoms with Crippen molar-refractivity contribution in [2.24, 2.45) is 5.73 Å². The minimum absolute atomic E-state index is 0.0226. The Morgan fingerprint density at radius 3 is 2.32 bits per heavy atom. The molecule has 5 N–H and O–H groups in total. The number of nitrogens with one attached hydrogen (secondary N) is 1. The van der Waals surface area contributed by atoms with Gasteiger partial charge in [0.2, 0.25) is 5.91 Å². The third kappa shape index (κ3) is 10.3. The van der Waals surface area contributed by atoms with Crippen LogP contribution in [0.25, 0.3) is 0 Å². The van der Waals surface area contributed by atoms with E-state index < -0.39 is 48.0 Å². The van der Waals surface area contributed by atoms with Crippen molar-refractivity contribution in [2.75, 3.05) is 6.54 Å². The summed E-state index contributed by atoms with van der Waals surface area (Å²) in [5, 5.41) is 22.3. The minimum atomic E-state index is -1.47. The second-order valence-corrected chi connectivity index (χ2v) is 9.58. The van der Waals surface area contributed by atoms with Gasteiger partial charge in [-0.2, -0.15) is 0 Å². The van der Waals surface area contributed by atoms with Crippen LogP contribution < -0.4 is 11.1 Å². The molecule has 0 aliphatic carbocycles. The molecule has 0 bridgehead atoms. The summed E-state index contributed by atoms with van der Waals surface area (Å²) < 4.78 is 41.8. The molecule has 0 saturated heterocycles. The van der Waals surface area contributed by atoms with Crippen LogP contribution in [-0.4, -0.2) is 58.0 Å². The fraction of sp³-hybridized carbons (Fsp3) is 0.500. The van der Waals surface area contributed by atoms with E-state index in [1.165, 1.54) is 4.90 Å². The van der Waals surface area contributed by atoms with Crippen molar-refractivity contribution in [2.45, 2.75) is 83.3 Å². The molecule has 7 nitrogen and oxygen atoms in total. The molecule has 38 heavy (non-hydrogen) atoms. The molecule has 1 unspecified atom stereocenters. The zero-order chi connectivity index (χ0) is 28.2. The van der Waals surface area contributed by atoms with Gasteiger partial charge in [-0.15, -0.1) is 0 Å². The van der Waals surface area contributed by atoms with Gasteiger partial charge in [-0.05, 0) is 48.1 Å². The molecule has 210 valence electrons. The van der Waals surface area contributed by atoms with Crippen molar-refractivity contribution >= 4 is 12.0 Å². The molecule has 0 aromatic heterocycles. The summed E-state index contributed by atoms with van der Waals surface area (Å²) in [6.45, 7) is 3.61. The molecule has 10 heteroatoms. The average molecular weight is 538 g/mol. The van der Waals surface area contributed by atoms with Gasteiger partial charge in [-0.1, -0.05) is 51.0 Å². The molecule has 0 fully saturated rings. The number of aliphatic hydroxyl groups is 1. The first-order chi connectivity index (χ1) is 18.0. The lowest BCUT2D eigenvalue weighted by Gasteiger charge is -2.31. The van der Waals surface area contributed by atoms with Gasteiger partial charge in [0.05, 0.1) is 6.10 Å². The maximum atomic E-state index is 14.6. The first-order valence-corrected chi connectivity index (χ1v) is 12.9. The maximum absolute atomic E-state index is 14.6. The highest BCUT2D eigenvalue weighted by Crippen LogP contribution is 2.17. The number of nitrogens with two attached hydrogens (primary N) is 1. The topological polar surface area (TPSA) is 116 Å². The third-order valence-electron chi connectivity index (χ3n) is 6.34. The number of alkyl halides is 1. The summed E-state index contributed by atoms with van der Waals surface area (Å²) in [5.74, 6) is -2.25. The number of aryl methyl sites for hydroxylation is 1. The van der Waals surface area contributed by atoms with Crippen LogP contribution >= 0.6 is 0 Å². The largest absolute Gasteiger partial charge is 0.465 e. The Morgan fingerprint density at radius 2 is 1.71 bits per heavy atom. The van der Waals surface area contributed by atoms with Crippen LogP contribution in [0.1, 0.15) is 56.2 Å². The van der Waals surface area contributed by atoms with E-state index in [2.05, 4.69) is 5.32 Å². The molecule has 2 aromatic carbocycles. The fourth-order valence-electron chi connectivity index (χ4n) is 4.29. The van der Waals surface area contributed by atoms with Gasteiger partial charge >= 0.3 is 6.09 Å². The number of halogens is 3. The lowest BCUT2D eigenvalue weighted by atomic mass is 10.00. The first kappa shape index (κ1) is 31.1. The smallest absolute Gasteiger partial charge is 0.405 e. The van der Waals surface area contributed by atoms with Crippen LogP contribution in [0.2, 0.25) is 0 Å². The van der Waals surface area contributed by atoms with E-state index in [-0.39, 0.29) is 37.9 Å². The van der Waals surface area contributed by atoms with Gasteiger partial charge in [-0.3, -0.25) is 4.79 Å². The van der Waals surface area contributed by atoms with Crippen molar-refractivity contribution in [3.05, 3.63) is 70.8 Å². The summed E-state index contributed by atoms with van der Waals surface area (Å²) in [7, 11) is 0. The first-order valence-electron chi connectivity index (χ1n) is 12.9. The highest BCUT2D eigenvalue weighted by atomic mass is 19.1. The van der Waals surface area contributed by atoms with Crippen LogP contribution in [0.3, 0.4) is 0 Å². The fourth-order valence-corrected chi connectivity index (χ4v) is 4.29. The van der Waals surface area contributed by atoms with E-state index in [1.54, 1.807) is 6.07 Å². The molecule has 0 aliphatic heterocycles. The lowest BCUT2D eigenvalue weighted by molar-refractivity contribution is -0.136. The van der Waals surface area contributed by atoms with E-state index in [0.29, 0.717) is 6.42 Å². The molecule has 2 rings (SSSR count). The quantitative estimate of drug-likeness (QED) is 0.270. The van der Waals surface area contributed by atoms with Gasteiger partial charge < -0.3 is 26.2 Å². The molecule has 0 aliphatic rings. The predicted molar refractivity (Wildman–Crippen MR) is 139 cm³/mol. The van der Waals surface area contributed by atoms with Crippen LogP contribution in [0.4, 0.5) is 18.0 Å². The summed E-state index contributed by atoms with van der Waals surface area (Å²) in [4.78, 5) is 26.2. The number of carbonyl (C=O) groups excluding carboxylic acids is 1. The molecular weight excluding hydrogens is 499 g/mol. The molecule has 0 saturated carbocycles. The lowest BCUT2D eigenvalue weighted by Crippen LogP contribution is -2.53. The van der Waals surface area contributed by atoms with Gasteiger partial charge in [0, 0.05) is 31.6 Å². The minimum Gasteiger partial charge on any atom is -0.465 e. The Kier molecular flexibility index (Phi) is 12.6. The number of rotatable bonds is 15. The third-order valence-corrected chi connectivity index (χ3v) is 6.34. The molecule has 2 amide bonds. The second kappa shape index (κ2) is 15.3. The van der Waals surface area contributed by atoms with E-state index in [0.717, 1.165) is 42.2 Å². The molecule has 2 aromatic rings. The number of nitrogens with zero attached hydrogens (tertiary/aromatic N) is 1. The summed E-state index contributed by atoms with van der Waals surface area (Å²) in [5.41, 5.74) is 8.12.